The molecule has 1 atom stereocenters. The number of imidazole rings is 1. The Morgan fingerprint density at radius 1 is 1.39 bits per heavy atom. The Labute approximate surface area is 164 Å². The lowest BCUT2D eigenvalue weighted by Gasteiger charge is -2.14. The Morgan fingerprint density at radius 3 is 3.04 bits per heavy atom. The predicted molar refractivity (Wildman–Crippen MR) is 108 cm³/mol. The van der Waals surface area contributed by atoms with Crippen molar-refractivity contribution >= 4 is 17.8 Å². The van der Waals surface area contributed by atoms with Crippen LogP contribution in [0.4, 0.5) is 0 Å². The van der Waals surface area contributed by atoms with Crippen LogP contribution in [0.2, 0.25) is 0 Å². The zero-order valence-corrected chi connectivity index (χ0v) is 16.5. The smallest absolute Gasteiger partial charge is 0.290 e. The van der Waals surface area contributed by atoms with E-state index in [1.807, 2.05) is 31.3 Å². The maximum atomic E-state index is 12.6. The molecular formula is C21H25N5O2. The number of aromatic nitrogens is 3. The first-order valence-electron chi connectivity index (χ1n) is 9.60. The van der Waals surface area contributed by atoms with Crippen LogP contribution in [0.3, 0.4) is 0 Å². The number of hydrogen-bond donors (Lipinski definition) is 1. The highest BCUT2D eigenvalue weighted by atomic mass is 16.5. The number of hydrogen-bond acceptors (Lipinski definition) is 4. The summed E-state index contributed by atoms with van der Waals surface area (Å²) in [6.07, 6.45) is 6.05. The van der Waals surface area contributed by atoms with E-state index in [9.17, 15) is 4.79 Å². The molecule has 7 heteroatoms. The van der Waals surface area contributed by atoms with Crippen molar-refractivity contribution in [3.8, 4) is 0 Å². The van der Waals surface area contributed by atoms with Crippen LogP contribution < -0.4 is 5.43 Å². The van der Waals surface area contributed by atoms with Gasteiger partial charge in [-0.05, 0) is 51.8 Å². The van der Waals surface area contributed by atoms with Crippen molar-refractivity contribution in [1.82, 2.24) is 19.4 Å². The van der Waals surface area contributed by atoms with E-state index in [0.29, 0.717) is 11.4 Å². The molecule has 0 aliphatic carbocycles. The molecule has 1 aliphatic rings. The van der Waals surface area contributed by atoms with Crippen molar-refractivity contribution in [3.05, 3.63) is 58.8 Å². The molecule has 1 saturated heterocycles. The summed E-state index contributed by atoms with van der Waals surface area (Å²) in [5, 5.41) is 4.18. The average Bonchev–Trinajstić information content (AvgIpc) is 3.36. The quantitative estimate of drug-likeness (QED) is 0.547. The lowest BCUT2D eigenvalue weighted by molar-refractivity contribution is 0.0948. The summed E-state index contributed by atoms with van der Waals surface area (Å²) in [6, 6.07) is 7.72. The predicted octanol–water partition coefficient (Wildman–Crippen LogP) is 3.00. The van der Waals surface area contributed by atoms with Crippen molar-refractivity contribution in [2.75, 3.05) is 6.61 Å². The highest BCUT2D eigenvalue weighted by molar-refractivity contribution is 5.95. The van der Waals surface area contributed by atoms with E-state index in [1.165, 1.54) is 5.69 Å². The van der Waals surface area contributed by atoms with Gasteiger partial charge in [0, 0.05) is 36.3 Å². The van der Waals surface area contributed by atoms with Gasteiger partial charge in [0.25, 0.3) is 5.91 Å². The molecule has 0 spiro atoms. The van der Waals surface area contributed by atoms with E-state index in [4.69, 9.17) is 4.74 Å². The minimum Gasteiger partial charge on any atom is -0.376 e. The van der Waals surface area contributed by atoms with Crippen molar-refractivity contribution in [3.63, 3.8) is 0 Å². The Balaban J connectivity index is 1.49. The number of aryl methyl sites for hydroxylation is 2. The zero-order valence-electron chi connectivity index (χ0n) is 16.5. The fraction of sp³-hybridized carbons (Fsp3) is 0.381. The number of carbonyl (C=O) groups excluding carboxylic acids is 1. The van der Waals surface area contributed by atoms with E-state index in [-0.39, 0.29) is 12.0 Å². The summed E-state index contributed by atoms with van der Waals surface area (Å²) in [6.45, 7) is 7.69. The second-order valence-corrected chi connectivity index (χ2v) is 7.25. The number of nitrogens with zero attached hydrogens (tertiary/aromatic N) is 4. The monoisotopic (exact) mass is 379 g/mol. The van der Waals surface area contributed by atoms with Gasteiger partial charge >= 0.3 is 0 Å². The van der Waals surface area contributed by atoms with Crippen LogP contribution >= 0.6 is 0 Å². The number of ether oxygens (including phenoxy) is 1. The molecule has 4 heterocycles. The third-order valence-corrected chi connectivity index (χ3v) is 5.31. The molecular weight excluding hydrogens is 354 g/mol. The molecule has 0 radical (unpaired) electrons. The highest BCUT2D eigenvalue weighted by Crippen LogP contribution is 2.19. The minimum atomic E-state index is -0.277. The lowest BCUT2D eigenvalue weighted by atomic mass is 10.2. The summed E-state index contributed by atoms with van der Waals surface area (Å²) in [4.78, 5) is 17.0. The Kier molecular flexibility index (Phi) is 5.00. The molecule has 28 heavy (non-hydrogen) atoms. The molecule has 0 bridgehead atoms. The lowest BCUT2D eigenvalue weighted by Crippen LogP contribution is -2.20. The van der Waals surface area contributed by atoms with Gasteiger partial charge in [0.15, 0.2) is 0 Å². The van der Waals surface area contributed by atoms with Crippen molar-refractivity contribution in [1.29, 1.82) is 0 Å². The average molecular weight is 379 g/mol. The van der Waals surface area contributed by atoms with Gasteiger partial charge in [-0.25, -0.2) is 10.4 Å². The van der Waals surface area contributed by atoms with Crippen molar-refractivity contribution in [2.24, 2.45) is 5.10 Å². The number of amides is 1. The van der Waals surface area contributed by atoms with Crippen molar-refractivity contribution in [2.45, 2.75) is 46.3 Å². The van der Waals surface area contributed by atoms with Gasteiger partial charge in [0.1, 0.15) is 11.3 Å². The van der Waals surface area contributed by atoms with Crippen molar-refractivity contribution < 1.29 is 9.53 Å². The van der Waals surface area contributed by atoms with Gasteiger partial charge in [0.2, 0.25) is 0 Å². The molecule has 1 aliphatic heterocycles. The van der Waals surface area contributed by atoms with Crippen LogP contribution in [0.25, 0.3) is 5.65 Å². The second-order valence-electron chi connectivity index (χ2n) is 7.25. The maximum Gasteiger partial charge on any atom is 0.290 e. The second kappa shape index (κ2) is 7.59. The fourth-order valence-corrected chi connectivity index (χ4v) is 3.83. The number of fused-ring (bicyclic) bond motifs is 1. The first-order valence-corrected chi connectivity index (χ1v) is 9.60. The largest absolute Gasteiger partial charge is 0.376 e. The first kappa shape index (κ1) is 18.4. The molecule has 0 unspecified atom stereocenters. The number of pyridine rings is 1. The van der Waals surface area contributed by atoms with Crippen LogP contribution in [-0.2, 0) is 11.3 Å². The first-order chi connectivity index (χ1) is 13.5. The van der Waals surface area contributed by atoms with Gasteiger partial charge < -0.3 is 9.30 Å². The van der Waals surface area contributed by atoms with Gasteiger partial charge in [-0.3, -0.25) is 9.20 Å². The number of hydrazone groups is 1. The van der Waals surface area contributed by atoms with Gasteiger partial charge in [-0.1, -0.05) is 6.07 Å². The standard InChI is InChI=1S/C21H25N5O2/c1-14-11-17(16(3)26(14)13-18-7-6-10-28-18)12-22-24-21(27)20-15(2)23-19-8-4-5-9-25(19)20/h4-5,8-9,11-12,18H,6-7,10,13H2,1-3H3,(H,24,27)/b22-12-/t18-/m1/s1. The topological polar surface area (TPSA) is 72.9 Å². The third kappa shape index (κ3) is 3.45. The molecule has 0 aromatic carbocycles. The SMILES string of the molecule is Cc1nc2ccccn2c1C(=O)N/N=C\c1cc(C)n(C[C@H]2CCCO2)c1C. The van der Waals surface area contributed by atoms with Gasteiger partial charge in [-0.2, -0.15) is 5.10 Å². The summed E-state index contributed by atoms with van der Waals surface area (Å²) in [5.41, 5.74) is 7.82. The summed E-state index contributed by atoms with van der Waals surface area (Å²) in [5.74, 6) is -0.277. The molecule has 3 aromatic heterocycles. The van der Waals surface area contributed by atoms with Crippen LogP contribution in [-0.4, -0.2) is 38.8 Å². The zero-order chi connectivity index (χ0) is 19.7. The van der Waals surface area contributed by atoms with E-state index in [1.54, 1.807) is 10.6 Å². The number of carbonyl (C=O) groups is 1. The van der Waals surface area contributed by atoms with E-state index < -0.39 is 0 Å². The Bertz CT molecular complexity index is 1040. The van der Waals surface area contributed by atoms with Gasteiger partial charge in [-0.15, -0.1) is 0 Å². The normalized spacial score (nSPS) is 17.0. The highest BCUT2D eigenvalue weighted by Gasteiger charge is 2.19. The minimum absolute atomic E-state index is 0.277. The third-order valence-electron chi connectivity index (χ3n) is 5.31. The maximum absolute atomic E-state index is 12.6. The molecule has 4 rings (SSSR count). The molecule has 1 N–H and O–H groups in total. The number of rotatable bonds is 5. The fourth-order valence-electron chi connectivity index (χ4n) is 3.83. The molecule has 3 aromatic rings. The van der Waals surface area contributed by atoms with Crippen LogP contribution in [0, 0.1) is 20.8 Å². The number of nitrogens with one attached hydrogen (secondary N) is 1. The molecule has 0 saturated carbocycles. The molecule has 1 amide bonds. The summed E-state index contributed by atoms with van der Waals surface area (Å²) < 4.78 is 9.79. The van der Waals surface area contributed by atoms with Crippen LogP contribution in [0.15, 0.2) is 35.6 Å². The van der Waals surface area contributed by atoms with Crippen LogP contribution in [0.5, 0.6) is 0 Å². The van der Waals surface area contributed by atoms with Gasteiger partial charge in [0.05, 0.1) is 18.0 Å². The molecule has 7 nitrogen and oxygen atoms in total. The summed E-state index contributed by atoms with van der Waals surface area (Å²) >= 11 is 0. The van der Waals surface area contributed by atoms with Crippen LogP contribution in [0.1, 0.15) is 46.0 Å². The van der Waals surface area contributed by atoms with E-state index >= 15 is 0 Å². The Morgan fingerprint density at radius 2 is 2.25 bits per heavy atom. The molecule has 146 valence electrons. The Hall–Kier alpha value is -2.93. The van der Waals surface area contributed by atoms with E-state index in [0.717, 1.165) is 42.9 Å². The van der Waals surface area contributed by atoms with E-state index in [2.05, 4.69) is 40.0 Å². The molecule has 1 fully saturated rings. The summed E-state index contributed by atoms with van der Waals surface area (Å²) in [7, 11) is 0.